The first-order valence-corrected chi connectivity index (χ1v) is 10.1. The van der Waals surface area contributed by atoms with Gasteiger partial charge in [0.15, 0.2) is 12.4 Å². The van der Waals surface area contributed by atoms with Gasteiger partial charge in [0, 0.05) is 19.0 Å². The van der Waals surface area contributed by atoms with Crippen LogP contribution in [0.1, 0.15) is 56.3 Å². The summed E-state index contributed by atoms with van der Waals surface area (Å²) in [6, 6.07) is 2.46. The van der Waals surface area contributed by atoms with E-state index in [2.05, 4.69) is 0 Å². The Labute approximate surface area is 179 Å². The van der Waals surface area contributed by atoms with E-state index in [-0.39, 0.29) is 48.0 Å². The van der Waals surface area contributed by atoms with E-state index in [9.17, 15) is 24.5 Å². The van der Waals surface area contributed by atoms with Crippen LogP contribution in [0, 0.1) is 10.1 Å². The highest BCUT2D eigenvalue weighted by molar-refractivity contribution is 6.33. The van der Waals surface area contributed by atoms with E-state index in [4.69, 9.17) is 21.1 Å². The van der Waals surface area contributed by atoms with Crippen molar-refractivity contribution < 1.29 is 28.8 Å². The van der Waals surface area contributed by atoms with Crippen molar-refractivity contribution in [2.75, 3.05) is 19.8 Å². The van der Waals surface area contributed by atoms with Crippen molar-refractivity contribution >= 4 is 34.9 Å². The standard InChI is InChI=1S/C20H25ClN2O7/c1-13(24)17-10-16(11-18(21)20(17)23(27)28)30-12-19(26)22(8-9-29-14(2)25)15-6-4-3-5-7-15/h10-11,15H,3-9,12H2,1-2H3. The van der Waals surface area contributed by atoms with Crippen molar-refractivity contribution in [2.45, 2.75) is 52.0 Å². The Morgan fingerprint density at radius 3 is 2.43 bits per heavy atom. The molecule has 0 aliphatic heterocycles. The van der Waals surface area contributed by atoms with E-state index in [1.165, 1.54) is 26.0 Å². The van der Waals surface area contributed by atoms with Crippen molar-refractivity contribution in [2.24, 2.45) is 0 Å². The van der Waals surface area contributed by atoms with Crippen molar-refractivity contribution in [3.8, 4) is 5.75 Å². The molecular formula is C20H25ClN2O7. The molecule has 1 aromatic rings. The minimum atomic E-state index is -0.728. The molecule has 9 nitrogen and oxygen atoms in total. The summed E-state index contributed by atoms with van der Waals surface area (Å²) >= 11 is 5.95. The van der Waals surface area contributed by atoms with Crippen molar-refractivity contribution in [3.05, 3.63) is 32.8 Å². The second kappa shape index (κ2) is 10.9. The molecular weight excluding hydrogens is 416 g/mol. The molecule has 1 aliphatic carbocycles. The molecule has 0 spiro atoms. The maximum absolute atomic E-state index is 12.8. The van der Waals surface area contributed by atoms with Gasteiger partial charge >= 0.3 is 5.97 Å². The highest BCUT2D eigenvalue weighted by atomic mass is 35.5. The number of benzene rings is 1. The molecule has 30 heavy (non-hydrogen) atoms. The minimum Gasteiger partial charge on any atom is -0.484 e. The van der Waals surface area contributed by atoms with Crippen molar-refractivity contribution in [1.29, 1.82) is 0 Å². The molecule has 0 saturated heterocycles. The quantitative estimate of drug-likeness (QED) is 0.249. The van der Waals surface area contributed by atoms with E-state index in [1.807, 2.05) is 0 Å². The molecule has 0 radical (unpaired) electrons. The summed E-state index contributed by atoms with van der Waals surface area (Å²) in [5.74, 6) is -1.16. The lowest BCUT2D eigenvalue weighted by Gasteiger charge is -2.34. The highest BCUT2D eigenvalue weighted by Gasteiger charge is 2.27. The van der Waals surface area contributed by atoms with Crippen LogP contribution in [0.2, 0.25) is 5.02 Å². The molecule has 0 N–H and O–H groups in total. The van der Waals surface area contributed by atoms with Gasteiger partial charge in [-0.3, -0.25) is 24.5 Å². The number of rotatable bonds is 9. The van der Waals surface area contributed by atoms with E-state index in [0.717, 1.165) is 32.1 Å². The van der Waals surface area contributed by atoms with Crippen LogP contribution < -0.4 is 4.74 Å². The zero-order chi connectivity index (χ0) is 22.3. The zero-order valence-electron chi connectivity index (χ0n) is 17.0. The lowest BCUT2D eigenvalue weighted by Crippen LogP contribution is -2.45. The first kappa shape index (κ1) is 23.6. The molecule has 0 atom stereocenters. The van der Waals surface area contributed by atoms with Gasteiger partial charge in [-0.05, 0) is 25.8 Å². The molecule has 1 aliphatic rings. The lowest BCUT2D eigenvalue weighted by atomic mass is 9.94. The van der Waals surface area contributed by atoms with Crippen LogP contribution in [0.15, 0.2) is 12.1 Å². The number of carbonyl (C=O) groups excluding carboxylic acids is 3. The molecule has 2 rings (SSSR count). The van der Waals surface area contributed by atoms with E-state index >= 15 is 0 Å². The molecule has 0 unspecified atom stereocenters. The number of nitro benzene ring substituents is 1. The molecule has 164 valence electrons. The van der Waals surface area contributed by atoms with Crippen molar-refractivity contribution in [3.63, 3.8) is 0 Å². The number of ketones is 1. The Balaban J connectivity index is 2.12. The number of esters is 1. The van der Waals surface area contributed by atoms with Gasteiger partial charge < -0.3 is 14.4 Å². The second-order valence-corrected chi connectivity index (χ2v) is 7.53. The highest BCUT2D eigenvalue weighted by Crippen LogP contribution is 2.33. The SMILES string of the molecule is CC(=O)OCCN(C(=O)COc1cc(Cl)c([N+](=O)[O-])c(C(C)=O)c1)C1CCCCC1. The zero-order valence-corrected chi connectivity index (χ0v) is 17.8. The van der Waals surface area contributed by atoms with Gasteiger partial charge in [-0.15, -0.1) is 0 Å². The fourth-order valence-corrected chi connectivity index (χ4v) is 3.81. The summed E-state index contributed by atoms with van der Waals surface area (Å²) in [4.78, 5) is 47.7. The van der Waals surface area contributed by atoms with Crippen LogP contribution in [-0.2, 0) is 14.3 Å². The largest absolute Gasteiger partial charge is 0.484 e. The number of nitro groups is 1. The predicted octanol–water partition coefficient (Wildman–Crippen LogP) is 3.55. The maximum Gasteiger partial charge on any atom is 0.302 e. The number of Topliss-reactive ketones (excluding diaryl/α,β-unsaturated/α-hetero) is 1. The molecule has 10 heteroatoms. The van der Waals surface area contributed by atoms with E-state index in [0.29, 0.717) is 0 Å². The fraction of sp³-hybridized carbons (Fsp3) is 0.550. The molecule has 1 amide bonds. The number of carbonyl (C=O) groups is 3. The number of nitrogens with zero attached hydrogens (tertiary/aromatic N) is 2. The molecule has 1 fully saturated rings. The maximum atomic E-state index is 12.8. The third kappa shape index (κ3) is 6.41. The van der Waals surface area contributed by atoms with Crippen LogP contribution in [0.4, 0.5) is 5.69 Å². The molecule has 0 aromatic heterocycles. The first-order chi connectivity index (χ1) is 14.2. The van der Waals surface area contributed by atoms with Gasteiger partial charge in [-0.2, -0.15) is 0 Å². The van der Waals surface area contributed by atoms with E-state index < -0.39 is 22.4 Å². The van der Waals surface area contributed by atoms with Gasteiger partial charge in [-0.1, -0.05) is 30.9 Å². The van der Waals surface area contributed by atoms with Crippen LogP contribution in [-0.4, -0.2) is 53.3 Å². The number of ether oxygens (including phenoxy) is 2. The first-order valence-electron chi connectivity index (χ1n) is 9.75. The number of hydrogen-bond donors (Lipinski definition) is 0. The number of amides is 1. The Hall–Kier alpha value is -2.68. The summed E-state index contributed by atoms with van der Waals surface area (Å²) in [5.41, 5.74) is -0.679. The van der Waals surface area contributed by atoms with Crippen LogP contribution >= 0.6 is 11.6 Å². The van der Waals surface area contributed by atoms with E-state index in [1.54, 1.807) is 4.90 Å². The smallest absolute Gasteiger partial charge is 0.302 e. The Morgan fingerprint density at radius 2 is 1.87 bits per heavy atom. The second-order valence-electron chi connectivity index (χ2n) is 7.12. The number of halogens is 1. The summed E-state index contributed by atoms with van der Waals surface area (Å²) in [6.07, 6.45) is 4.88. The Morgan fingerprint density at radius 1 is 1.20 bits per heavy atom. The topological polar surface area (TPSA) is 116 Å². The summed E-state index contributed by atoms with van der Waals surface area (Å²) in [5, 5.41) is 10.9. The Bertz CT molecular complexity index is 822. The fourth-order valence-electron chi connectivity index (χ4n) is 3.53. The summed E-state index contributed by atoms with van der Waals surface area (Å²) in [6.45, 7) is 2.51. The van der Waals surface area contributed by atoms with Crippen LogP contribution in [0.25, 0.3) is 0 Å². The molecule has 0 bridgehead atoms. The monoisotopic (exact) mass is 440 g/mol. The average molecular weight is 441 g/mol. The lowest BCUT2D eigenvalue weighted by molar-refractivity contribution is -0.385. The summed E-state index contributed by atoms with van der Waals surface area (Å²) in [7, 11) is 0. The van der Waals surface area contributed by atoms with Gasteiger partial charge in [0.25, 0.3) is 11.6 Å². The molecule has 1 aromatic carbocycles. The van der Waals surface area contributed by atoms with Crippen LogP contribution in [0.5, 0.6) is 5.75 Å². The predicted molar refractivity (Wildman–Crippen MR) is 109 cm³/mol. The normalized spacial score (nSPS) is 14.1. The summed E-state index contributed by atoms with van der Waals surface area (Å²) < 4.78 is 10.5. The molecule has 0 heterocycles. The van der Waals surface area contributed by atoms with Crippen LogP contribution in [0.3, 0.4) is 0 Å². The third-order valence-corrected chi connectivity index (χ3v) is 5.22. The average Bonchev–Trinajstić information content (AvgIpc) is 2.69. The number of hydrogen-bond acceptors (Lipinski definition) is 7. The Kier molecular flexibility index (Phi) is 8.58. The van der Waals surface area contributed by atoms with Gasteiger partial charge in [0.05, 0.1) is 11.5 Å². The van der Waals surface area contributed by atoms with Crippen molar-refractivity contribution in [1.82, 2.24) is 4.90 Å². The van der Waals surface area contributed by atoms with Gasteiger partial charge in [-0.25, -0.2) is 0 Å². The van der Waals surface area contributed by atoms with Gasteiger partial charge in [0.2, 0.25) is 0 Å². The molecule has 1 saturated carbocycles. The minimum absolute atomic E-state index is 0.0404. The third-order valence-electron chi connectivity index (χ3n) is 4.93. The van der Waals surface area contributed by atoms with Gasteiger partial charge in [0.1, 0.15) is 22.9 Å².